The number of carbonyl (C=O) groups excluding carboxylic acids is 2. The summed E-state index contributed by atoms with van der Waals surface area (Å²) in [5.41, 5.74) is 7.35. The summed E-state index contributed by atoms with van der Waals surface area (Å²) < 4.78 is 11.0. The molecule has 1 aliphatic heterocycles. The van der Waals surface area contributed by atoms with Crippen LogP contribution in [0.25, 0.3) is 0 Å². The van der Waals surface area contributed by atoms with Crippen molar-refractivity contribution in [1.82, 2.24) is 10.2 Å². The number of nitrogens with one attached hydrogen (secondary N) is 1. The first-order valence-electron chi connectivity index (χ1n) is 10.2. The topological polar surface area (TPSA) is 93.9 Å². The maximum atomic E-state index is 13.1. The van der Waals surface area contributed by atoms with E-state index in [-0.39, 0.29) is 11.9 Å². The first-order valence-corrected chi connectivity index (χ1v) is 11.0. The number of carbonyl (C=O) groups is 2. The van der Waals surface area contributed by atoms with Crippen molar-refractivity contribution in [3.63, 3.8) is 0 Å². The van der Waals surface area contributed by atoms with E-state index in [1.807, 2.05) is 28.5 Å². The Morgan fingerprint density at radius 2 is 1.97 bits per heavy atom. The van der Waals surface area contributed by atoms with E-state index in [0.717, 1.165) is 36.1 Å². The molecule has 3 rings (SSSR count). The van der Waals surface area contributed by atoms with Gasteiger partial charge in [-0.25, -0.2) is 4.79 Å². The summed E-state index contributed by atoms with van der Waals surface area (Å²) in [5.74, 6) is 1.54. The van der Waals surface area contributed by atoms with Crippen LogP contribution in [0.3, 0.4) is 0 Å². The third kappa shape index (κ3) is 5.05. The van der Waals surface area contributed by atoms with E-state index < -0.39 is 6.03 Å². The zero-order valence-electron chi connectivity index (χ0n) is 17.5. The van der Waals surface area contributed by atoms with Crippen LogP contribution in [0.4, 0.5) is 4.79 Å². The molecule has 0 saturated heterocycles. The normalized spacial score (nSPS) is 15.4. The number of fused-ring (bicyclic) bond motifs is 1. The molecule has 1 aliphatic rings. The van der Waals surface area contributed by atoms with Gasteiger partial charge in [-0.15, -0.1) is 11.3 Å². The molecule has 3 amide bonds. The van der Waals surface area contributed by atoms with E-state index in [0.29, 0.717) is 31.0 Å². The molecule has 2 heterocycles. The number of amides is 3. The molecule has 162 valence electrons. The fourth-order valence-corrected chi connectivity index (χ4v) is 4.76. The van der Waals surface area contributed by atoms with Crippen LogP contribution >= 0.6 is 11.3 Å². The fraction of sp³-hybridized carbons (Fsp3) is 0.455. The van der Waals surface area contributed by atoms with Gasteiger partial charge in [-0.05, 0) is 54.0 Å². The van der Waals surface area contributed by atoms with Crippen LogP contribution in [0.5, 0.6) is 11.5 Å². The number of thiophene rings is 1. The SMILES string of the molecule is COc1cc2c(cc1OC)C(c1cccs1)N(C(=O)CCCCCNC(N)=O)CC2. The van der Waals surface area contributed by atoms with Crippen molar-refractivity contribution in [3.05, 3.63) is 45.6 Å². The van der Waals surface area contributed by atoms with Gasteiger partial charge in [0.25, 0.3) is 0 Å². The summed E-state index contributed by atoms with van der Waals surface area (Å²) in [4.78, 5) is 27.0. The van der Waals surface area contributed by atoms with Gasteiger partial charge < -0.3 is 25.4 Å². The van der Waals surface area contributed by atoms with Gasteiger partial charge in [0.05, 0.1) is 20.3 Å². The zero-order valence-corrected chi connectivity index (χ0v) is 18.3. The van der Waals surface area contributed by atoms with Gasteiger partial charge in [0.2, 0.25) is 5.91 Å². The van der Waals surface area contributed by atoms with Crippen LogP contribution in [0.1, 0.15) is 47.7 Å². The van der Waals surface area contributed by atoms with Crippen LogP contribution in [0, 0.1) is 0 Å². The largest absolute Gasteiger partial charge is 0.493 e. The molecule has 0 bridgehead atoms. The zero-order chi connectivity index (χ0) is 21.5. The lowest BCUT2D eigenvalue weighted by molar-refractivity contribution is -0.133. The van der Waals surface area contributed by atoms with Crippen molar-refractivity contribution in [2.45, 2.75) is 38.1 Å². The number of nitrogens with zero attached hydrogens (tertiary/aromatic N) is 1. The Morgan fingerprint density at radius 1 is 1.20 bits per heavy atom. The van der Waals surface area contributed by atoms with Gasteiger partial charge in [0.1, 0.15) is 0 Å². The van der Waals surface area contributed by atoms with Crippen molar-refractivity contribution >= 4 is 23.3 Å². The minimum atomic E-state index is -0.510. The number of urea groups is 1. The number of primary amides is 1. The van der Waals surface area contributed by atoms with Crippen LogP contribution in [0.2, 0.25) is 0 Å². The second kappa shape index (κ2) is 10.3. The van der Waals surface area contributed by atoms with Crippen molar-refractivity contribution in [1.29, 1.82) is 0 Å². The van der Waals surface area contributed by atoms with Crippen molar-refractivity contribution < 1.29 is 19.1 Å². The molecule has 7 nitrogen and oxygen atoms in total. The highest BCUT2D eigenvalue weighted by atomic mass is 32.1. The lowest BCUT2D eigenvalue weighted by Crippen LogP contribution is -2.40. The first kappa shape index (κ1) is 22.0. The Labute approximate surface area is 181 Å². The third-order valence-electron chi connectivity index (χ3n) is 5.37. The van der Waals surface area contributed by atoms with Crippen molar-refractivity contribution in [2.24, 2.45) is 5.73 Å². The summed E-state index contributed by atoms with van der Waals surface area (Å²) in [6.07, 6.45) is 3.73. The quantitative estimate of drug-likeness (QED) is 0.595. The highest BCUT2D eigenvalue weighted by molar-refractivity contribution is 7.10. The van der Waals surface area contributed by atoms with Gasteiger partial charge in [0, 0.05) is 24.4 Å². The molecular formula is C22H29N3O4S. The second-order valence-electron chi connectivity index (χ2n) is 7.26. The summed E-state index contributed by atoms with van der Waals surface area (Å²) >= 11 is 1.66. The number of methoxy groups -OCH3 is 2. The Hall–Kier alpha value is -2.74. The maximum Gasteiger partial charge on any atom is 0.312 e. The molecule has 2 aromatic rings. The van der Waals surface area contributed by atoms with Crippen LogP contribution in [0.15, 0.2) is 29.6 Å². The standard InChI is InChI=1S/C22H29N3O4S/c1-28-17-13-15-9-11-25(20(26)8-4-3-5-10-24-22(23)27)21(19-7-6-12-30-19)16(15)14-18(17)29-2/h6-7,12-14,21H,3-5,8-11H2,1-2H3,(H3,23,24,27). The molecular weight excluding hydrogens is 402 g/mol. The minimum Gasteiger partial charge on any atom is -0.493 e. The number of rotatable bonds is 9. The molecule has 0 spiro atoms. The fourth-order valence-electron chi connectivity index (χ4n) is 3.90. The van der Waals surface area contributed by atoms with E-state index in [2.05, 4.69) is 11.4 Å². The Bertz CT molecular complexity index is 870. The van der Waals surface area contributed by atoms with Crippen LogP contribution in [-0.4, -0.2) is 44.1 Å². The van der Waals surface area contributed by atoms with E-state index in [4.69, 9.17) is 15.2 Å². The van der Waals surface area contributed by atoms with E-state index in [1.165, 1.54) is 5.56 Å². The van der Waals surface area contributed by atoms with Gasteiger partial charge in [-0.3, -0.25) is 4.79 Å². The number of hydrogen-bond acceptors (Lipinski definition) is 5. The number of ether oxygens (including phenoxy) is 2. The lowest BCUT2D eigenvalue weighted by Gasteiger charge is -2.37. The van der Waals surface area contributed by atoms with Gasteiger partial charge in [0.15, 0.2) is 11.5 Å². The van der Waals surface area contributed by atoms with E-state index in [1.54, 1.807) is 25.6 Å². The maximum absolute atomic E-state index is 13.1. The molecule has 1 unspecified atom stereocenters. The van der Waals surface area contributed by atoms with Crippen molar-refractivity contribution in [2.75, 3.05) is 27.3 Å². The predicted octanol–water partition coefficient (Wildman–Crippen LogP) is 3.47. The van der Waals surface area contributed by atoms with Gasteiger partial charge in [-0.1, -0.05) is 12.5 Å². The lowest BCUT2D eigenvalue weighted by atomic mass is 9.90. The number of unbranched alkanes of at least 4 members (excludes halogenated alkanes) is 2. The number of nitrogens with two attached hydrogens (primary N) is 1. The average molecular weight is 432 g/mol. The molecule has 8 heteroatoms. The molecule has 3 N–H and O–H groups in total. The second-order valence-corrected chi connectivity index (χ2v) is 8.24. The summed E-state index contributed by atoms with van der Waals surface area (Å²) in [6.45, 7) is 1.22. The average Bonchev–Trinajstić information content (AvgIpc) is 3.28. The molecule has 0 radical (unpaired) electrons. The Balaban J connectivity index is 1.75. The molecule has 0 saturated carbocycles. The monoisotopic (exact) mass is 431 g/mol. The number of hydrogen-bond donors (Lipinski definition) is 2. The van der Waals surface area contributed by atoms with Crippen molar-refractivity contribution in [3.8, 4) is 11.5 Å². The van der Waals surface area contributed by atoms with E-state index >= 15 is 0 Å². The summed E-state index contributed by atoms with van der Waals surface area (Å²) in [6, 6.07) is 7.51. The molecule has 1 aromatic carbocycles. The Kier molecular flexibility index (Phi) is 7.57. The molecule has 0 fully saturated rings. The third-order valence-corrected chi connectivity index (χ3v) is 6.30. The molecule has 1 aromatic heterocycles. The minimum absolute atomic E-state index is 0.113. The summed E-state index contributed by atoms with van der Waals surface area (Å²) in [7, 11) is 3.27. The van der Waals surface area contributed by atoms with E-state index in [9.17, 15) is 9.59 Å². The highest BCUT2D eigenvalue weighted by Crippen LogP contribution is 2.42. The highest BCUT2D eigenvalue weighted by Gasteiger charge is 2.33. The predicted molar refractivity (Wildman–Crippen MR) is 117 cm³/mol. The Morgan fingerprint density at radius 3 is 2.63 bits per heavy atom. The molecule has 30 heavy (non-hydrogen) atoms. The molecule has 0 aliphatic carbocycles. The van der Waals surface area contributed by atoms with Crippen LogP contribution in [-0.2, 0) is 11.2 Å². The van der Waals surface area contributed by atoms with Gasteiger partial charge >= 0.3 is 6.03 Å². The number of benzene rings is 1. The van der Waals surface area contributed by atoms with Crippen LogP contribution < -0.4 is 20.5 Å². The first-order chi connectivity index (χ1) is 14.5. The van der Waals surface area contributed by atoms with Gasteiger partial charge in [-0.2, -0.15) is 0 Å². The summed E-state index contributed by atoms with van der Waals surface area (Å²) in [5, 5.41) is 4.62. The molecule has 1 atom stereocenters. The smallest absolute Gasteiger partial charge is 0.312 e.